The van der Waals surface area contributed by atoms with E-state index in [1.807, 2.05) is 36.4 Å². The van der Waals surface area contributed by atoms with E-state index in [9.17, 15) is 9.90 Å². The van der Waals surface area contributed by atoms with Crippen LogP contribution in [0, 0.1) is 0 Å². The van der Waals surface area contributed by atoms with Gasteiger partial charge in [0, 0.05) is 5.92 Å². The standard InChI is InChI=1S/C17H14O2/c18-16(19)17-10-9-11(12-5-1-3-7-14(12)17)13-6-2-4-8-15(13)17/h1-8,11H,9-10H2,(H,18,19). The molecule has 0 saturated heterocycles. The second-order valence-electron chi connectivity index (χ2n) is 5.48. The molecule has 0 saturated carbocycles. The van der Waals surface area contributed by atoms with Crippen LogP contribution in [0.25, 0.3) is 0 Å². The van der Waals surface area contributed by atoms with E-state index in [0.29, 0.717) is 12.3 Å². The van der Waals surface area contributed by atoms with E-state index >= 15 is 0 Å². The molecule has 19 heavy (non-hydrogen) atoms. The summed E-state index contributed by atoms with van der Waals surface area (Å²) in [5.74, 6) is -0.348. The van der Waals surface area contributed by atoms with Crippen molar-refractivity contribution in [3.05, 3.63) is 70.8 Å². The Bertz CT molecular complexity index is 640. The van der Waals surface area contributed by atoms with Gasteiger partial charge in [-0.15, -0.1) is 0 Å². The summed E-state index contributed by atoms with van der Waals surface area (Å²) in [6.45, 7) is 0. The van der Waals surface area contributed by atoms with Gasteiger partial charge in [0.1, 0.15) is 5.41 Å². The minimum absolute atomic E-state index is 0.369. The summed E-state index contributed by atoms with van der Waals surface area (Å²) in [6, 6.07) is 16.1. The van der Waals surface area contributed by atoms with Crippen LogP contribution in [0.2, 0.25) is 0 Å². The zero-order chi connectivity index (χ0) is 13.0. The van der Waals surface area contributed by atoms with E-state index in [0.717, 1.165) is 17.5 Å². The highest BCUT2D eigenvalue weighted by Crippen LogP contribution is 2.56. The molecule has 2 bridgehead atoms. The third kappa shape index (κ3) is 1.14. The van der Waals surface area contributed by atoms with Gasteiger partial charge >= 0.3 is 5.97 Å². The number of hydrogen-bond donors (Lipinski definition) is 1. The van der Waals surface area contributed by atoms with Crippen LogP contribution in [0.4, 0.5) is 0 Å². The smallest absolute Gasteiger partial charge is 0.318 e. The molecule has 0 spiro atoms. The Labute approximate surface area is 111 Å². The van der Waals surface area contributed by atoms with E-state index < -0.39 is 11.4 Å². The Morgan fingerprint density at radius 2 is 1.53 bits per heavy atom. The van der Waals surface area contributed by atoms with Crippen LogP contribution in [0.5, 0.6) is 0 Å². The van der Waals surface area contributed by atoms with E-state index in [1.54, 1.807) is 0 Å². The van der Waals surface area contributed by atoms with Gasteiger partial charge in [-0.05, 0) is 35.1 Å². The van der Waals surface area contributed by atoms with Crippen molar-refractivity contribution in [2.45, 2.75) is 24.2 Å². The van der Waals surface area contributed by atoms with Gasteiger partial charge in [-0.2, -0.15) is 0 Å². The van der Waals surface area contributed by atoms with Crippen molar-refractivity contribution in [3.8, 4) is 0 Å². The predicted octanol–water partition coefficient (Wildman–Crippen LogP) is 3.30. The first-order chi connectivity index (χ1) is 9.25. The lowest BCUT2D eigenvalue weighted by atomic mass is 9.55. The third-order valence-electron chi connectivity index (χ3n) is 4.77. The monoisotopic (exact) mass is 250 g/mol. The average molecular weight is 250 g/mol. The van der Waals surface area contributed by atoms with Crippen molar-refractivity contribution in [2.24, 2.45) is 0 Å². The predicted molar refractivity (Wildman–Crippen MR) is 72.4 cm³/mol. The molecule has 5 rings (SSSR count). The summed E-state index contributed by atoms with van der Waals surface area (Å²) in [6.07, 6.45) is 1.64. The molecule has 2 heteroatoms. The summed E-state index contributed by atoms with van der Waals surface area (Å²) >= 11 is 0. The fourth-order valence-corrected chi connectivity index (χ4v) is 3.97. The van der Waals surface area contributed by atoms with Gasteiger partial charge in [0.25, 0.3) is 0 Å². The lowest BCUT2D eigenvalue weighted by Gasteiger charge is -2.46. The highest BCUT2D eigenvalue weighted by Gasteiger charge is 2.52. The molecule has 0 aliphatic heterocycles. The maximum Gasteiger partial charge on any atom is 0.318 e. The first-order valence-corrected chi connectivity index (χ1v) is 6.67. The van der Waals surface area contributed by atoms with E-state index in [4.69, 9.17) is 0 Å². The lowest BCUT2D eigenvalue weighted by Crippen LogP contribution is -2.46. The van der Waals surface area contributed by atoms with E-state index in [-0.39, 0.29) is 0 Å². The van der Waals surface area contributed by atoms with Crippen molar-refractivity contribution in [1.29, 1.82) is 0 Å². The van der Waals surface area contributed by atoms with Crippen molar-refractivity contribution < 1.29 is 9.90 Å². The first-order valence-electron chi connectivity index (χ1n) is 6.67. The van der Waals surface area contributed by atoms with Gasteiger partial charge in [-0.3, -0.25) is 4.79 Å². The molecule has 0 radical (unpaired) electrons. The van der Waals surface area contributed by atoms with Crippen molar-refractivity contribution in [1.82, 2.24) is 0 Å². The maximum atomic E-state index is 12.1. The third-order valence-corrected chi connectivity index (χ3v) is 4.77. The Morgan fingerprint density at radius 1 is 1.00 bits per heavy atom. The number of fused-ring (bicyclic) bond motifs is 1. The number of carbonyl (C=O) groups is 1. The first kappa shape index (κ1) is 10.8. The number of benzene rings is 2. The van der Waals surface area contributed by atoms with Crippen LogP contribution >= 0.6 is 0 Å². The van der Waals surface area contributed by atoms with Gasteiger partial charge in [-0.1, -0.05) is 48.5 Å². The number of carboxylic acids is 1. The number of aliphatic carboxylic acids is 1. The fraction of sp³-hybridized carbons (Fsp3) is 0.235. The van der Waals surface area contributed by atoms with E-state index in [2.05, 4.69) is 12.1 Å². The van der Waals surface area contributed by atoms with Crippen LogP contribution in [0.15, 0.2) is 48.5 Å². The van der Waals surface area contributed by atoms with E-state index in [1.165, 1.54) is 11.1 Å². The Balaban J connectivity index is 2.13. The molecule has 2 aromatic rings. The summed E-state index contributed by atoms with van der Waals surface area (Å²) in [7, 11) is 0. The molecule has 0 amide bonds. The summed E-state index contributed by atoms with van der Waals surface area (Å²) in [5, 5.41) is 9.91. The largest absolute Gasteiger partial charge is 0.480 e. The minimum Gasteiger partial charge on any atom is -0.480 e. The number of carboxylic acid groups (broad SMARTS) is 1. The van der Waals surface area contributed by atoms with Crippen LogP contribution in [0.1, 0.15) is 41.0 Å². The molecule has 0 unspecified atom stereocenters. The maximum absolute atomic E-state index is 12.1. The molecular weight excluding hydrogens is 236 g/mol. The molecule has 1 N–H and O–H groups in total. The Kier molecular flexibility index (Phi) is 1.97. The molecule has 0 fully saturated rings. The van der Waals surface area contributed by atoms with Crippen LogP contribution in [-0.4, -0.2) is 11.1 Å². The number of hydrogen-bond acceptors (Lipinski definition) is 1. The van der Waals surface area contributed by atoms with Crippen LogP contribution < -0.4 is 0 Å². The molecule has 2 aromatic carbocycles. The second-order valence-corrected chi connectivity index (χ2v) is 5.48. The minimum atomic E-state index is -0.831. The Hall–Kier alpha value is -2.09. The van der Waals surface area contributed by atoms with Crippen LogP contribution in [-0.2, 0) is 10.2 Å². The average Bonchev–Trinajstić information content (AvgIpc) is 2.47. The second kappa shape index (κ2) is 3.47. The zero-order valence-corrected chi connectivity index (χ0v) is 10.5. The molecule has 3 aliphatic rings. The number of rotatable bonds is 1. The lowest BCUT2D eigenvalue weighted by molar-refractivity contribution is -0.143. The summed E-state index contributed by atoms with van der Waals surface area (Å²) in [4.78, 5) is 12.1. The molecule has 0 atom stereocenters. The molecular formula is C17H14O2. The van der Waals surface area contributed by atoms with Gasteiger partial charge in [0.2, 0.25) is 0 Å². The molecule has 3 aliphatic carbocycles. The normalized spacial score (nSPS) is 26.6. The quantitative estimate of drug-likeness (QED) is 0.843. The van der Waals surface area contributed by atoms with Gasteiger partial charge < -0.3 is 5.11 Å². The zero-order valence-electron chi connectivity index (χ0n) is 10.5. The fourth-order valence-electron chi connectivity index (χ4n) is 3.97. The SMILES string of the molecule is O=C(O)C12CCC(c3ccccc31)c1ccccc12. The topological polar surface area (TPSA) is 37.3 Å². The highest BCUT2D eigenvalue weighted by atomic mass is 16.4. The highest BCUT2D eigenvalue weighted by molar-refractivity contribution is 5.89. The van der Waals surface area contributed by atoms with Gasteiger partial charge in [0.15, 0.2) is 0 Å². The van der Waals surface area contributed by atoms with Gasteiger partial charge in [0.05, 0.1) is 0 Å². The summed E-state index contributed by atoms with van der Waals surface area (Å²) in [5.41, 5.74) is 3.57. The van der Waals surface area contributed by atoms with Crippen molar-refractivity contribution in [3.63, 3.8) is 0 Å². The van der Waals surface area contributed by atoms with Crippen molar-refractivity contribution >= 4 is 5.97 Å². The molecule has 0 aromatic heterocycles. The molecule has 2 nitrogen and oxygen atoms in total. The van der Waals surface area contributed by atoms with Gasteiger partial charge in [-0.25, -0.2) is 0 Å². The summed E-state index contributed by atoms with van der Waals surface area (Å²) < 4.78 is 0. The van der Waals surface area contributed by atoms with Crippen molar-refractivity contribution in [2.75, 3.05) is 0 Å². The van der Waals surface area contributed by atoms with Crippen LogP contribution in [0.3, 0.4) is 0 Å². The molecule has 94 valence electrons. The Morgan fingerprint density at radius 3 is 2.05 bits per heavy atom. The molecule has 0 heterocycles.